The highest BCUT2D eigenvalue weighted by Gasteiger charge is 2.08. The number of hydrogen-bond donors (Lipinski definition) is 2. The fourth-order valence-electron chi connectivity index (χ4n) is 3.23. The molecule has 0 aliphatic rings. The van der Waals surface area contributed by atoms with Crippen LogP contribution in [0.1, 0.15) is 17.5 Å². The summed E-state index contributed by atoms with van der Waals surface area (Å²) in [6, 6.07) is 21.5. The summed E-state index contributed by atoms with van der Waals surface area (Å²) < 4.78 is 1.36. The molecule has 1 amide bonds. The Morgan fingerprint density at radius 3 is 2.50 bits per heavy atom. The van der Waals surface area contributed by atoms with Gasteiger partial charge in [0.15, 0.2) is 0 Å². The summed E-state index contributed by atoms with van der Waals surface area (Å²) in [7, 11) is 2.11. The van der Waals surface area contributed by atoms with Crippen LogP contribution >= 0.6 is 0 Å². The largest absolute Gasteiger partial charge is 0.350 e. The van der Waals surface area contributed by atoms with Crippen molar-refractivity contribution in [3.05, 3.63) is 88.2 Å². The summed E-state index contributed by atoms with van der Waals surface area (Å²) in [5.74, 6) is -0.0723. The molecule has 0 radical (unpaired) electrons. The van der Waals surface area contributed by atoms with Gasteiger partial charge in [-0.25, -0.2) is 4.68 Å². The zero-order chi connectivity index (χ0) is 21.3. The second-order valence-corrected chi connectivity index (χ2v) is 7.62. The Kier molecular flexibility index (Phi) is 7.51. The molecular weight excluding hydrogens is 376 g/mol. The topological polar surface area (TPSA) is 68.4 Å². The SMILES string of the molecule is Cc1ccc(-c2ccc(=O)n(CCC(=O)NCC[NH+](C)Cc3ccccc3)n2)cc1. The highest BCUT2D eigenvalue weighted by atomic mass is 16.2. The van der Waals surface area contributed by atoms with Crippen molar-refractivity contribution in [1.82, 2.24) is 15.1 Å². The minimum absolute atomic E-state index is 0.0723. The molecule has 1 heterocycles. The molecule has 3 aromatic rings. The van der Waals surface area contributed by atoms with Gasteiger partial charge in [0.25, 0.3) is 5.56 Å². The van der Waals surface area contributed by atoms with Crippen LogP contribution in [0.25, 0.3) is 11.3 Å². The van der Waals surface area contributed by atoms with Crippen LogP contribution in [0.5, 0.6) is 0 Å². The molecule has 0 aliphatic heterocycles. The van der Waals surface area contributed by atoms with Crippen molar-refractivity contribution in [2.24, 2.45) is 0 Å². The Labute approximate surface area is 177 Å². The molecule has 0 saturated carbocycles. The number of nitrogens with one attached hydrogen (secondary N) is 2. The van der Waals surface area contributed by atoms with Crippen LogP contribution in [0.2, 0.25) is 0 Å². The molecule has 1 aromatic heterocycles. The summed E-state index contributed by atoms with van der Waals surface area (Å²) in [6.45, 7) is 4.64. The minimum Gasteiger partial charge on any atom is -0.350 e. The van der Waals surface area contributed by atoms with Crippen LogP contribution in [0, 0.1) is 6.92 Å². The van der Waals surface area contributed by atoms with Gasteiger partial charge < -0.3 is 10.2 Å². The van der Waals surface area contributed by atoms with Crippen LogP contribution in [0.3, 0.4) is 0 Å². The maximum atomic E-state index is 12.2. The van der Waals surface area contributed by atoms with Crippen LogP contribution in [0.4, 0.5) is 0 Å². The number of hydrogen-bond acceptors (Lipinski definition) is 3. The quantitative estimate of drug-likeness (QED) is 0.566. The number of amides is 1. The number of carbonyl (C=O) groups excluding carboxylic acids is 1. The van der Waals surface area contributed by atoms with Gasteiger partial charge in [-0.2, -0.15) is 5.10 Å². The zero-order valence-corrected chi connectivity index (χ0v) is 17.6. The van der Waals surface area contributed by atoms with E-state index >= 15 is 0 Å². The van der Waals surface area contributed by atoms with Gasteiger partial charge in [-0.05, 0) is 13.0 Å². The number of nitrogens with zero attached hydrogens (tertiary/aromatic N) is 2. The van der Waals surface area contributed by atoms with Gasteiger partial charge in [-0.15, -0.1) is 0 Å². The van der Waals surface area contributed by atoms with Crippen molar-refractivity contribution in [3.63, 3.8) is 0 Å². The molecule has 2 aromatic carbocycles. The highest BCUT2D eigenvalue weighted by molar-refractivity contribution is 5.75. The fraction of sp³-hybridized carbons (Fsp3) is 0.292. The van der Waals surface area contributed by atoms with Gasteiger partial charge in [-0.3, -0.25) is 9.59 Å². The first-order valence-corrected chi connectivity index (χ1v) is 10.3. The summed E-state index contributed by atoms with van der Waals surface area (Å²) in [5, 5.41) is 7.36. The predicted octanol–water partition coefficient (Wildman–Crippen LogP) is 1.44. The van der Waals surface area contributed by atoms with E-state index in [9.17, 15) is 9.59 Å². The molecule has 6 nitrogen and oxygen atoms in total. The van der Waals surface area contributed by atoms with Crippen LogP contribution in [-0.4, -0.2) is 35.8 Å². The van der Waals surface area contributed by atoms with Gasteiger partial charge in [0, 0.05) is 23.6 Å². The first kappa shape index (κ1) is 21.5. The van der Waals surface area contributed by atoms with Crippen molar-refractivity contribution in [3.8, 4) is 11.3 Å². The Morgan fingerprint density at radius 2 is 1.77 bits per heavy atom. The van der Waals surface area contributed by atoms with Gasteiger partial charge in [-0.1, -0.05) is 60.2 Å². The predicted molar refractivity (Wildman–Crippen MR) is 118 cm³/mol. The lowest BCUT2D eigenvalue weighted by Gasteiger charge is -2.14. The lowest BCUT2D eigenvalue weighted by atomic mass is 10.1. The van der Waals surface area contributed by atoms with Crippen molar-refractivity contribution < 1.29 is 9.69 Å². The van der Waals surface area contributed by atoms with E-state index < -0.39 is 0 Å². The number of benzene rings is 2. The molecule has 0 fully saturated rings. The van der Waals surface area contributed by atoms with Crippen molar-refractivity contribution >= 4 is 5.91 Å². The van der Waals surface area contributed by atoms with E-state index in [1.54, 1.807) is 6.07 Å². The Morgan fingerprint density at radius 1 is 1.03 bits per heavy atom. The molecule has 0 aliphatic carbocycles. The second-order valence-electron chi connectivity index (χ2n) is 7.62. The minimum atomic E-state index is -0.203. The Hall–Kier alpha value is -3.25. The molecule has 6 heteroatoms. The maximum absolute atomic E-state index is 12.2. The van der Waals surface area contributed by atoms with E-state index in [1.807, 2.05) is 49.4 Å². The third-order valence-corrected chi connectivity index (χ3v) is 4.99. The molecular formula is C24H29N4O2+. The standard InChI is InChI=1S/C24H28N4O2/c1-19-8-10-21(11-9-19)22-12-13-24(30)28(26-22)16-14-23(29)25-15-17-27(2)18-20-6-4-3-5-7-20/h3-13H,14-18H2,1-2H3,(H,25,29)/p+1. The molecule has 156 valence electrons. The number of carbonyl (C=O) groups is 1. The number of quaternary nitrogens is 1. The van der Waals surface area contributed by atoms with Gasteiger partial charge in [0.05, 0.1) is 32.4 Å². The van der Waals surface area contributed by atoms with E-state index in [4.69, 9.17) is 0 Å². The summed E-state index contributed by atoms with van der Waals surface area (Å²) in [6.07, 6.45) is 0.224. The van der Waals surface area contributed by atoms with Gasteiger partial charge in [0.2, 0.25) is 5.91 Å². The van der Waals surface area contributed by atoms with E-state index in [0.717, 1.165) is 24.3 Å². The second kappa shape index (κ2) is 10.5. The van der Waals surface area contributed by atoms with Crippen molar-refractivity contribution in [2.45, 2.75) is 26.4 Å². The van der Waals surface area contributed by atoms with Crippen LogP contribution in [0.15, 0.2) is 71.5 Å². The third-order valence-electron chi connectivity index (χ3n) is 4.99. The highest BCUT2D eigenvalue weighted by Crippen LogP contribution is 2.15. The summed E-state index contributed by atoms with van der Waals surface area (Å²) >= 11 is 0. The van der Waals surface area contributed by atoms with E-state index in [1.165, 1.54) is 26.8 Å². The number of aryl methyl sites for hydroxylation is 2. The number of rotatable bonds is 9. The average Bonchev–Trinajstić information content (AvgIpc) is 2.74. The van der Waals surface area contributed by atoms with Crippen LogP contribution in [-0.2, 0) is 17.9 Å². The van der Waals surface area contributed by atoms with E-state index in [0.29, 0.717) is 6.54 Å². The first-order chi connectivity index (χ1) is 14.5. The number of aromatic nitrogens is 2. The van der Waals surface area contributed by atoms with Crippen molar-refractivity contribution in [2.75, 3.05) is 20.1 Å². The van der Waals surface area contributed by atoms with E-state index in [-0.39, 0.29) is 24.4 Å². The molecule has 0 spiro atoms. The van der Waals surface area contributed by atoms with Gasteiger partial charge in [0.1, 0.15) is 6.54 Å². The molecule has 1 unspecified atom stereocenters. The lowest BCUT2D eigenvalue weighted by molar-refractivity contribution is -0.892. The zero-order valence-electron chi connectivity index (χ0n) is 17.6. The molecule has 0 bridgehead atoms. The van der Waals surface area contributed by atoms with Crippen molar-refractivity contribution in [1.29, 1.82) is 0 Å². The normalized spacial score (nSPS) is 11.8. The molecule has 0 saturated heterocycles. The average molecular weight is 406 g/mol. The summed E-state index contributed by atoms with van der Waals surface area (Å²) in [4.78, 5) is 25.6. The lowest BCUT2D eigenvalue weighted by Crippen LogP contribution is -3.08. The molecule has 1 atom stereocenters. The summed E-state index contributed by atoms with van der Waals surface area (Å²) in [5.41, 5.74) is 3.91. The van der Waals surface area contributed by atoms with Gasteiger partial charge >= 0.3 is 0 Å². The Bertz CT molecular complexity index is 1010. The first-order valence-electron chi connectivity index (χ1n) is 10.3. The molecule has 2 N–H and O–H groups in total. The molecule has 3 rings (SSSR count). The monoisotopic (exact) mass is 405 g/mol. The van der Waals surface area contributed by atoms with E-state index in [2.05, 4.69) is 29.6 Å². The number of likely N-dealkylation sites (N-methyl/N-ethyl adjacent to an activating group) is 1. The molecule has 30 heavy (non-hydrogen) atoms. The Balaban J connectivity index is 1.46. The smallest absolute Gasteiger partial charge is 0.266 e. The third kappa shape index (κ3) is 6.39. The van der Waals surface area contributed by atoms with Crippen LogP contribution < -0.4 is 15.8 Å². The fourth-order valence-corrected chi connectivity index (χ4v) is 3.23. The maximum Gasteiger partial charge on any atom is 0.266 e.